The summed E-state index contributed by atoms with van der Waals surface area (Å²) in [6.07, 6.45) is 9.89. The number of amides is 1. The number of hydrogen-bond acceptors (Lipinski definition) is 7. The van der Waals surface area contributed by atoms with E-state index in [-0.39, 0.29) is 54.4 Å². The fourth-order valence-electron chi connectivity index (χ4n) is 5.16. The Labute approximate surface area is 209 Å². The van der Waals surface area contributed by atoms with Gasteiger partial charge in [-0.25, -0.2) is 0 Å². The molecule has 3 saturated heterocycles. The van der Waals surface area contributed by atoms with Crippen LogP contribution in [0.3, 0.4) is 0 Å². The average Bonchev–Trinajstić information content (AvgIpc) is 3.54. The quantitative estimate of drug-likeness (QED) is 0.208. The minimum atomic E-state index is -0.645. The van der Waals surface area contributed by atoms with Crippen molar-refractivity contribution in [3.8, 4) is 0 Å². The zero-order valence-electron chi connectivity index (χ0n) is 21.8. The molecule has 8 heteroatoms. The molecule has 3 heterocycles. The lowest BCUT2D eigenvalue weighted by Gasteiger charge is -2.39. The molecule has 8 atom stereocenters. The Morgan fingerprint density at radius 2 is 1.94 bits per heavy atom. The zero-order chi connectivity index (χ0) is 25.6. The van der Waals surface area contributed by atoms with Gasteiger partial charge in [0.05, 0.1) is 62.3 Å². The van der Waals surface area contributed by atoms with Gasteiger partial charge < -0.3 is 29.4 Å². The molecule has 8 unspecified atom stereocenters. The van der Waals surface area contributed by atoms with Gasteiger partial charge in [-0.3, -0.25) is 9.59 Å². The number of carbonyl (C=O) groups excluding carboxylic acids is 2. The van der Waals surface area contributed by atoms with Crippen LogP contribution < -0.4 is 5.32 Å². The van der Waals surface area contributed by atoms with Gasteiger partial charge in [-0.1, -0.05) is 24.6 Å². The fourth-order valence-corrected chi connectivity index (χ4v) is 5.16. The van der Waals surface area contributed by atoms with E-state index in [9.17, 15) is 14.7 Å². The first-order chi connectivity index (χ1) is 16.6. The Morgan fingerprint density at radius 1 is 1.23 bits per heavy atom. The standard InChI is InChI=1S/C27H43NO7/c1-17(6-9-21-14-27(16-33-27)15-22(35-21)13-26(31)32-5)7-10-24-18(2)12-23(20(4)34-24)28-25(30)11-8-19(3)29/h7-8,11,18-24,29H,6,9-10,12-16H2,1-5H3,(H,28,30). The van der Waals surface area contributed by atoms with Gasteiger partial charge >= 0.3 is 5.97 Å². The second-order valence-electron chi connectivity index (χ2n) is 10.7. The molecule has 8 nitrogen and oxygen atoms in total. The van der Waals surface area contributed by atoms with E-state index in [1.165, 1.54) is 24.8 Å². The summed E-state index contributed by atoms with van der Waals surface area (Å²) in [4.78, 5) is 23.8. The third-order valence-corrected chi connectivity index (χ3v) is 7.39. The molecule has 3 rings (SSSR count). The predicted octanol–water partition coefficient (Wildman–Crippen LogP) is 3.22. The molecule has 1 spiro atoms. The van der Waals surface area contributed by atoms with Gasteiger partial charge in [-0.05, 0) is 52.4 Å². The van der Waals surface area contributed by atoms with E-state index in [4.69, 9.17) is 18.9 Å². The Bertz CT molecular complexity index is 788. The molecule has 0 aromatic carbocycles. The Hall–Kier alpha value is -1.74. The van der Waals surface area contributed by atoms with Gasteiger partial charge in [0, 0.05) is 18.9 Å². The van der Waals surface area contributed by atoms with Gasteiger partial charge in [0.2, 0.25) is 5.91 Å². The van der Waals surface area contributed by atoms with E-state index >= 15 is 0 Å². The van der Waals surface area contributed by atoms with Crippen LogP contribution in [-0.2, 0) is 28.5 Å². The number of carbonyl (C=O) groups is 2. The smallest absolute Gasteiger partial charge is 0.308 e. The lowest BCUT2D eigenvalue weighted by atomic mass is 9.87. The molecule has 0 bridgehead atoms. The number of rotatable bonds is 10. The van der Waals surface area contributed by atoms with Crippen molar-refractivity contribution in [1.29, 1.82) is 0 Å². The number of ether oxygens (including phenoxy) is 4. The van der Waals surface area contributed by atoms with Crippen LogP contribution in [0.25, 0.3) is 0 Å². The summed E-state index contributed by atoms with van der Waals surface area (Å²) >= 11 is 0. The minimum Gasteiger partial charge on any atom is -0.469 e. The summed E-state index contributed by atoms with van der Waals surface area (Å²) in [7, 11) is 1.41. The van der Waals surface area contributed by atoms with Crippen molar-refractivity contribution in [2.45, 2.75) is 115 Å². The van der Waals surface area contributed by atoms with E-state index in [0.29, 0.717) is 5.92 Å². The van der Waals surface area contributed by atoms with Crippen LogP contribution in [-0.4, -0.2) is 72.9 Å². The SMILES string of the molecule is COC(=O)CC1CC2(CO2)CC(CCC(C)=CCC2OC(C)C(NC(=O)C=CC(C)O)CC2C)O1. The summed E-state index contributed by atoms with van der Waals surface area (Å²) in [6, 6.07) is -0.0455. The first-order valence-corrected chi connectivity index (χ1v) is 12.9. The highest BCUT2D eigenvalue weighted by Gasteiger charge is 2.51. The van der Waals surface area contributed by atoms with Gasteiger partial charge in [0.15, 0.2) is 0 Å². The summed E-state index contributed by atoms with van der Waals surface area (Å²) in [5.41, 5.74) is 1.20. The molecule has 3 aliphatic rings. The first-order valence-electron chi connectivity index (χ1n) is 12.9. The molecular weight excluding hydrogens is 450 g/mol. The molecule has 0 aliphatic carbocycles. The Morgan fingerprint density at radius 3 is 2.60 bits per heavy atom. The van der Waals surface area contributed by atoms with Crippen LogP contribution in [0.1, 0.15) is 72.6 Å². The lowest BCUT2D eigenvalue weighted by Crippen LogP contribution is -2.50. The van der Waals surface area contributed by atoms with E-state index in [2.05, 4.69) is 25.2 Å². The number of aliphatic hydroxyl groups excluding tert-OH is 1. The summed E-state index contributed by atoms with van der Waals surface area (Å²) in [5, 5.41) is 12.3. The van der Waals surface area contributed by atoms with Crippen LogP contribution in [0.2, 0.25) is 0 Å². The van der Waals surface area contributed by atoms with Crippen LogP contribution in [0.15, 0.2) is 23.8 Å². The fraction of sp³-hybridized carbons (Fsp3) is 0.778. The topological polar surface area (TPSA) is 107 Å². The van der Waals surface area contributed by atoms with Crippen molar-refractivity contribution in [2.75, 3.05) is 13.7 Å². The third kappa shape index (κ3) is 8.70. The number of epoxide rings is 1. The van der Waals surface area contributed by atoms with E-state index in [0.717, 1.165) is 45.1 Å². The second kappa shape index (κ2) is 12.5. The van der Waals surface area contributed by atoms with E-state index in [1.807, 2.05) is 6.92 Å². The molecule has 198 valence electrons. The molecule has 0 radical (unpaired) electrons. The van der Waals surface area contributed by atoms with Crippen molar-refractivity contribution >= 4 is 11.9 Å². The number of nitrogens with one attached hydrogen (secondary N) is 1. The molecule has 3 fully saturated rings. The molecule has 1 amide bonds. The maximum atomic E-state index is 12.1. The normalized spacial score (nSPS) is 36.2. The van der Waals surface area contributed by atoms with Crippen LogP contribution >= 0.6 is 0 Å². The van der Waals surface area contributed by atoms with Gasteiger partial charge in [-0.15, -0.1) is 0 Å². The van der Waals surface area contributed by atoms with Crippen molar-refractivity contribution in [2.24, 2.45) is 5.92 Å². The Kier molecular flexibility index (Phi) is 9.93. The number of aliphatic hydroxyl groups is 1. The number of methoxy groups -OCH3 is 1. The molecule has 0 aromatic rings. The average molecular weight is 494 g/mol. The highest BCUT2D eigenvalue weighted by atomic mass is 16.6. The highest BCUT2D eigenvalue weighted by molar-refractivity contribution is 5.87. The van der Waals surface area contributed by atoms with Gasteiger partial charge in [-0.2, -0.15) is 0 Å². The largest absolute Gasteiger partial charge is 0.469 e. The van der Waals surface area contributed by atoms with Crippen molar-refractivity contribution in [3.05, 3.63) is 23.8 Å². The molecule has 2 N–H and O–H groups in total. The second-order valence-corrected chi connectivity index (χ2v) is 10.7. The van der Waals surface area contributed by atoms with Crippen LogP contribution in [0.5, 0.6) is 0 Å². The monoisotopic (exact) mass is 493 g/mol. The van der Waals surface area contributed by atoms with Gasteiger partial charge in [0.25, 0.3) is 0 Å². The van der Waals surface area contributed by atoms with E-state index < -0.39 is 6.10 Å². The van der Waals surface area contributed by atoms with Crippen LogP contribution in [0.4, 0.5) is 0 Å². The van der Waals surface area contributed by atoms with Gasteiger partial charge in [0.1, 0.15) is 0 Å². The third-order valence-electron chi connectivity index (χ3n) is 7.39. The number of esters is 1. The van der Waals surface area contributed by atoms with Crippen molar-refractivity contribution < 1.29 is 33.6 Å². The van der Waals surface area contributed by atoms with Crippen LogP contribution in [0, 0.1) is 5.92 Å². The maximum absolute atomic E-state index is 12.1. The van der Waals surface area contributed by atoms with Crippen molar-refractivity contribution in [1.82, 2.24) is 5.32 Å². The molecule has 35 heavy (non-hydrogen) atoms. The highest BCUT2D eigenvalue weighted by Crippen LogP contribution is 2.44. The summed E-state index contributed by atoms with van der Waals surface area (Å²) < 4.78 is 23.0. The lowest BCUT2D eigenvalue weighted by molar-refractivity contribution is -0.148. The minimum absolute atomic E-state index is 0.0455. The number of allylic oxidation sites excluding steroid dienone is 1. The first kappa shape index (κ1) is 27.8. The Balaban J connectivity index is 1.43. The summed E-state index contributed by atoms with van der Waals surface area (Å²) in [5.74, 6) is -0.129. The van der Waals surface area contributed by atoms with E-state index in [1.54, 1.807) is 6.92 Å². The molecule has 0 aromatic heterocycles. The summed E-state index contributed by atoms with van der Waals surface area (Å²) in [6.45, 7) is 8.68. The molecule has 3 aliphatic heterocycles. The number of hydrogen-bond donors (Lipinski definition) is 2. The molecular formula is C27H43NO7. The maximum Gasteiger partial charge on any atom is 0.308 e. The zero-order valence-corrected chi connectivity index (χ0v) is 21.8. The predicted molar refractivity (Wildman–Crippen MR) is 132 cm³/mol. The van der Waals surface area contributed by atoms with Crippen molar-refractivity contribution in [3.63, 3.8) is 0 Å². The molecule has 0 saturated carbocycles.